The predicted molar refractivity (Wildman–Crippen MR) is 134 cm³/mol. The van der Waals surface area contributed by atoms with Crippen LogP contribution in [0.3, 0.4) is 0 Å². The van der Waals surface area contributed by atoms with Gasteiger partial charge in [0.2, 0.25) is 5.91 Å². The van der Waals surface area contributed by atoms with E-state index in [4.69, 9.17) is 9.57 Å². The van der Waals surface area contributed by atoms with Crippen LogP contribution in [0.15, 0.2) is 97.1 Å². The van der Waals surface area contributed by atoms with Gasteiger partial charge in [0.05, 0.1) is 24.0 Å². The van der Waals surface area contributed by atoms with Crippen LogP contribution < -0.4 is 14.7 Å². The topological polar surface area (TPSA) is 59.1 Å². The SMILES string of the molecule is CCOc1ccc(N2C(=O)[C@H]3[C@H](ON(c4ccccc4)[C@@H]3c3cccc4ccccc34)C2=O)cc1. The zero-order chi connectivity index (χ0) is 23.9. The van der Waals surface area contributed by atoms with E-state index in [2.05, 4.69) is 0 Å². The zero-order valence-electron chi connectivity index (χ0n) is 19.2. The summed E-state index contributed by atoms with van der Waals surface area (Å²) in [5, 5.41) is 3.84. The minimum Gasteiger partial charge on any atom is -0.494 e. The van der Waals surface area contributed by atoms with Crippen molar-refractivity contribution in [2.24, 2.45) is 5.92 Å². The fourth-order valence-electron chi connectivity index (χ4n) is 5.15. The molecule has 174 valence electrons. The minimum atomic E-state index is -0.904. The van der Waals surface area contributed by atoms with Gasteiger partial charge >= 0.3 is 0 Å². The highest BCUT2D eigenvalue weighted by atomic mass is 16.7. The van der Waals surface area contributed by atoms with Crippen molar-refractivity contribution in [2.75, 3.05) is 16.6 Å². The fraction of sp³-hybridized carbons (Fsp3) is 0.172. The van der Waals surface area contributed by atoms with Crippen molar-refractivity contribution in [3.05, 3.63) is 103 Å². The molecule has 0 N–H and O–H groups in total. The Kier molecular flexibility index (Phi) is 5.23. The molecule has 2 fully saturated rings. The Morgan fingerprint density at radius 1 is 0.771 bits per heavy atom. The van der Waals surface area contributed by atoms with Crippen LogP contribution in [-0.4, -0.2) is 24.5 Å². The number of carbonyl (C=O) groups is 2. The molecule has 4 aromatic rings. The van der Waals surface area contributed by atoms with Gasteiger partial charge in [-0.1, -0.05) is 60.7 Å². The Labute approximate surface area is 203 Å². The summed E-state index contributed by atoms with van der Waals surface area (Å²) in [6.07, 6.45) is -0.904. The van der Waals surface area contributed by atoms with Crippen LogP contribution in [-0.2, 0) is 14.4 Å². The number of hydrogen-bond donors (Lipinski definition) is 0. The van der Waals surface area contributed by atoms with E-state index in [0.29, 0.717) is 18.0 Å². The third-order valence-corrected chi connectivity index (χ3v) is 6.67. The Morgan fingerprint density at radius 2 is 1.49 bits per heavy atom. The summed E-state index contributed by atoms with van der Waals surface area (Å²) >= 11 is 0. The minimum absolute atomic E-state index is 0.263. The average Bonchev–Trinajstić information content (AvgIpc) is 3.41. The van der Waals surface area contributed by atoms with E-state index in [-0.39, 0.29) is 11.8 Å². The van der Waals surface area contributed by atoms with Crippen molar-refractivity contribution in [3.8, 4) is 5.75 Å². The predicted octanol–water partition coefficient (Wildman–Crippen LogP) is 5.29. The lowest BCUT2D eigenvalue weighted by Crippen LogP contribution is -2.37. The van der Waals surface area contributed by atoms with Gasteiger partial charge in [0.15, 0.2) is 6.10 Å². The number of benzene rings is 4. The van der Waals surface area contributed by atoms with Gasteiger partial charge in [0.25, 0.3) is 5.91 Å². The molecule has 4 aromatic carbocycles. The van der Waals surface area contributed by atoms with Crippen molar-refractivity contribution >= 4 is 34.0 Å². The third kappa shape index (κ3) is 3.45. The first-order chi connectivity index (χ1) is 17.2. The molecule has 0 aliphatic carbocycles. The van der Waals surface area contributed by atoms with Gasteiger partial charge in [0, 0.05) is 0 Å². The number of imide groups is 1. The van der Waals surface area contributed by atoms with Crippen LogP contribution in [0.4, 0.5) is 11.4 Å². The quantitative estimate of drug-likeness (QED) is 0.376. The first kappa shape index (κ1) is 21.4. The first-order valence-corrected chi connectivity index (χ1v) is 11.8. The summed E-state index contributed by atoms with van der Waals surface area (Å²) in [6.45, 7) is 2.45. The number of rotatable bonds is 5. The van der Waals surface area contributed by atoms with E-state index >= 15 is 0 Å². The number of amides is 2. The number of fused-ring (bicyclic) bond motifs is 2. The van der Waals surface area contributed by atoms with Gasteiger partial charge in [-0.05, 0) is 59.7 Å². The number of anilines is 2. The van der Waals surface area contributed by atoms with E-state index in [1.54, 1.807) is 29.3 Å². The first-order valence-electron chi connectivity index (χ1n) is 11.8. The molecule has 0 unspecified atom stereocenters. The molecule has 0 saturated carbocycles. The number of nitrogens with zero attached hydrogens (tertiary/aromatic N) is 2. The van der Waals surface area contributed by atoms with Crippen LogP contribution in [0.5, 0.6) is 5.75 Å². The average molecular weight is 465 g/mol. The van der Waals surface area contributed by atoms with Crippen LogP contribution in [0.25, 0.3) is 10.8 Å². The van der Waals surface area contributed by atoms with Crippen molar-refractivity contribution in [1.29, 1.82) is 0 Å². The van der Waals surface area contributed by atoms with Crippen LogP contribution in [0.2, 0.25) is 0 Å². The van der Waals surface area contributed by atoms with E-state index in [9.17, 15) is 9.59 Å². The molecule has 2 heterocycles. The van der Waals surface area contributed by atoms with Gasteiger partial charge in [-0.3, -0.25) is 14.4 Å². The van der Waals surface area contributed by atoms with Crippen LogP contribution >= 0.6 is 0 Å². The van der Waals surface area contributed by atoms with Gasteiger partial charge in [0.1, 0.15) is 11.7 Å². The van der Waals surface area contributed by atoms with E-state index in [1.807, 2.05) is 79.7 Å². The molecular weight excluding hydrogens is 440 g/mol. The monoisotopic (exact) mass is 464 g/mol. The summed E-state index contributed by atoms with van der Waals surface area (Å²) in [7, 11) is 0. The van der Waals surface area contributed by atoms with Gasteiger partial charge in [-0.15, -0.1) is 0 Å². The number of hydroxylamine groups is 1. The van der Waals surface area contributed by atoms with E-state index in [1.165, 1.54) is 4.90 Å². The van der Waals surface area contributed by atoms with Crippen molar-refractivity contribution in [1.82, 2.24) is 0 Å². The Hall–Kier alpha value is -4.16. The van der Waals surface area contributed by atoms with Gasteiger partial charge in [-0.2, -0.15) is 0 Å². The number of hydrogen-bond acceptors (Lipinski definition) is 5. The largest absolute Gasteiger partial charge is 0.494 e. The molecular formula is C29H24N2O4. The highest BCUT2D eigenvalue weighted by Crippen LogP contribution is 2.48. The van der Waals surface area contributed by atoms with E-state index < -0.39 is 18.1 Å². The van der Waals surface area contributed by atoms with Gasteiger partial charge in [-0.25, -0.2) is 9.96 Å². The maximum Gasteiger partial charge on any atom is 0.266 e. The standard InChI is InChI=1S/C29H24N2O4/c1-2-34-22-17-15-20(16-18-22)30-28(32)25-26(24-14-8-10-19-9-6-7-13-23(19)24)31(35-27(25)29(30)33)21-11-4-3-5-12-21/h3-18,25-27H,2H2,1H3/t25-,26-,27+/m1/s1. The maximum atomic E-state index is 13.9. The Balaban J connectivity index is 1.45. The molecule has 2 aliphatic heterocycles. The lowest BCUT2D eigenvalue weighted by Gasteiger charge is -2.29. The molecule has 0 aromatic heterocycles. The second kappa shape index (κ2) is 8.56. The molecule has 3 atom stereocenters. The highest BCUT2D eigenvalue weighted by Gasteiger charge is 2.60. The summed E-state index contributed by atoms with van der Waals surface area (Å²) in [6, 6.07) is 30.3. The van der Waals surface area contributed by atoms with Crippen molar-refractivity contribution in [3.63, 3.8) is 0 Å². The number of para-hydroxylation sites is 1. The second-order valence-electron chi connectivity index (χ2n) is 8.67. The van der Waals surface area contributed by atoms with Gasteiger partial charge < -0.3 is 4.74 Å². The van der Waals surface area contributed by atoms with E-state index in [0.717, 1.165) is 22.0 Å². The fourth-order valence-corrected chi connectivity index (χ4v) is 5.15. The Morgan fingerprint density at radius 3 is 2.26 bits per heavy atom. The molecule has 6 rings (SSSR count). The zero-order valence-corrected chi connectivity index (χ0v) is 19.2. The summed E-state index contributed by atoms with van der Waals surface area (Å²) in [5.74, 6) is -0.607. The molecule has 0 radical (unpaired) electrons. The number of carbonyl (C=O) groups excluding carboxylic acids is 2. The third-order valence-electron chi connectivity index (χ3n) is 6.67. The van der Waals surface area contributed by atoms with Crippen molar-refractivity contribution in [2.45, 2.75) is 19.1 Å². The molecule has 0 bridgehead atoms. The lowest BCUT2D eigenvalue weighted by molar-refractivity contribution is -0.126. The summed E-state index contributed by atoms with van der Waals surface area (Å²) < 4.78 is 5.51. The molecule has 2 saturated heterocycles. The Bertz CT molecular complexity index is 1400. The lowest BCUT2D eigenvalue weighted by atomic mass is 9.87. The van der Waals surface area contributed by atoms with Crippen LogP contribution in [0, 0.1) is 5.92 Å². The molecule has 0 spiro atoms. The second-order valence-corrected chi connectivity index (χ2v) is 8.67. The summed E-state index contributed by atoms with van der Waals surface area (Å²) in [5.41, 5.74) is 2.27. The molecule has 35 heavy (non-hydrogen) atoms. The molecule has 6 nitrogen and oxygen atoms in total. The smallest absolute Gasteiger partial charge is 0.266 e. The molecule has 2 aliphatic rings. The van der Waals surface area contributed by atoms with Crippen LogP contribution in [0.1, 0.15) is 18.5 Å². The molecule has 2 amide bonds. The highest BCUT2D eigenvalue weighted by molar-refractivity contribution is 6.24. The van der Waals surface area contributed by atoms with Crippen molar-refractivity contribution < 1.29 is 19.2 Å². The number of ether oxygens (including phenoxy) is 1. The normalized spacial score (nSPS) is 21.6. The molecule has 6 heteroatoms. The summed E-state index contributed by atoms with van der Waals surface area (Å²) in [4.78, 5) is 35.0. The maximum absolute atomic E-state index is 13.9.